The van der Waals surface area contributed by atoms with E-state index < -0.39 is 0 Å². The van der Waals surface area contributed by atoms with Gasteiger partial charge in [-0.3, -0.25) is 0 Å². The molecule has 0 N–H and O–H groups in total. The highest BCUT2D eigenvalue weighted by molar-refractivity contribution is 5.32. The Bertz CT molecular complexity index is 254. The molecule has 0 radical (unpaired) electrons. The molecule has 1 heteroatoms. The minimum atomic E-state index is 0.0962. The number of hydrogen-bond acceptors (Lipinski definition) is 1. The van der Waals surface area contributed by atoms with Crippen LogP contribution in [0.15, 0.2) is 35.6 Å². The average Bonchev–Trinajstić information content (AvgIpc) is 2.07. The molecule has 1 nitrogen and oxygen atoms in total. The third kappa shape index (κ3) is 2.26. The van der Waals surface area contributed by atoms with Crippen molar-refractivity contribution in [1.29, 1.82) is 0 Å². The van der Waals surface area contributed by atoms with Gasteiger partial charge in [0.2, 0.25) is 0 Å². The van der Waals surface area contributed by atoms with E-state index in [0.717, 1.165) is 5.76 Å². The van der Waals surface area contributed by atoms with Gasteiger partial charge in [-0.1, -0.05) is 31.6 Å². The summed E-state index contributed by atoms with van der Waals surface area (Å²) in [5.74, 6) is 0.938. The summed E-state index contributed by atoms with van der Waals surface area (Å²) < 4.78 is 5.20. The molecule has 0 aromatic carbocycles. The van der Waals surface area contributed by atoms with Crippen LogP contribution < -0.4 is 0 Å². The van der Waals surface area contributed by atoms with E-state index in [0.29, 0.717) is 0 Å². The Labute approximate surface area is 74.4 Å². The molecule has 0 bridgehead atoms. The van der Waals surface area contributed by atoms with Gasteiger partial charge in [0.15, 0.2) is 0 Å². The average molecular weight is 164 g/mol. The van der Waals surface area contributed by atoms with E-state index in [9.17, 15) is 0 Å². The fourth-order valence-electron chi connectivity index (χ4n) is 1.43. The fourth-order valence-corrected chi connectivity index (χ4v) is 1.43. The molecule has 1 aliphatic carbocycles. The molecule has 0 aromatic heterocycles. The summed E-state index contributed by atoms with van der Waals surface area (Å²) in [7, 11) is 1.70. The van der Waals surface area contributed by atoms with Gasteiger partial charge in [0.05, 0.1) is 7.11 Å². The van der Waals surface area contributed by atoms with Crippen LogP contribution in [0.25, 0.3) is 0 Å². The Hall–Kier alpha value is -0.980. The number of ether oxygens (including phenoxy) is 1. The molecule has 0 spiro atoms. The zero-order valence-electron chi connectivity index (χ0n) is 8.22. The van der Waals surface area contributed by atoms with E-state index in [2.05, 4.69) is 39.0 Å². The Kier molecular flexibility index (Phi) is 2.41. The molecule has 0 atom stereocenters. The van der Waals surface area contributed by atoms with Crippen LogP contribution in [0.4, 0.5) is 0 Å². The third-order valence-corrected chi connectivity index (χ3v) is 1.86. The van der Waals surface area contributed by atoms with Crippen molar-refractivity contribution in [3.8, 4) is 0 Å². The second-order valence-electron chi connectivity index (χ2n) is 3.79. The number of allylic oxidation sites excluding steroid dienone is 5. The lowest BCUT2D eigenvalue weighted by Gasteiger charge is -2.15. The quantitative estimate of drug-likeness (QED) is 0.578. The van der Waals surface area contributed by atoms with Crippen LogP contribution in [0, 0.1) is 5.41 Å². The number of methoxy groups -OCH3 is 1. The molecular weight excluding hydrogens is 148 g/mol. The maximum Gasteiger partial charge on any atom is 0.115 e. The lowest BCUT2D eigenvalue weighted by atomic mass is 9.91. The smallest absolute Gasteiger partial charge is 0.115 e. The molecule has 0 heterocycles. The molecular formula is C11H16O. The number of rotatable bonds is 1. The third-order valence-electron chi connectivity index (χ3n) is 1.86. The van der Waals surface area contributed by atoms with Gasteiger partial charge in [0, 0.05) is 5.41 Å². The van der Waals surface area contributed by atoms with Crippen molar-refractivity contribution < 1.29 is 4.74 Å². The molecule has 1 rings (SSSR count). The van der Waals surface area contributed by atoms with Crippen molar-refractivity contribution in [2.45, 2.75) is 20.8 Å². The Morgan fingerprint density at radius 2 is 1.83 bits per heavy atom. The van der Waals surface area contributed by atoms with Gasteiger partial charge in [-0.15, -0.1) is 0 Å². The van der Waals surface area contributed by atoms with E-state index in [1.165, 1.54) is 5.57 Å². The monoisotopic (exact) mass is 164 g/mol. The lowest BCUT2D eigenvalue weighted by molar-refractivity contribution is 0.300. The van der Waals surface area contributed by atoms with E-state index in [4.69, 9.17) is 4.74 Å². The lowest BCUT2D eigenvalue weighted by Crippen LogP contribution is -2.03. The highest BCUT2D eigenvalue weighted by Crippen LogP contribution is 2.26. The molecule has 0 aromatic rings. The van der Waals surface area contributed by atoms with Crippen LogP contribution in [0.1, 0.15) is 20.8 Å². The minimum absolute atomic E-state index is 0.0962. The van der Waals surface area contributed by atoms with Crippen molar-refractivity contribution >= 4 is 0 Å². The molecule has 0 aliphatic heterocycles. The molecule has 0 unspecified atom stereocenters. The summed E-state index contributed by atoms with van der Waals surface area (Å²) in [6, 6.07) is 0. The first kappa shape index (κ1) is 9.11. The van der Waals surface area contributed by atoms with Gasteiger partial charge in [-0.25, -0.2) is 0 Å². The SMILES string of the molecule is COC1=CC(C)(C)C=C(C)C=C1. The second kappa shape index (κ2) is 3.18. The molecule has 1 aliphatic rings. The van der Waals surface area contributed by atoms with Gasteiger partial charge in [-0.2, -0.15) is 0 Å². The Morgan fingerprint density at radius 1 is 1.17 bits per heavy atom. The molecule has 66 valence electrons. The van der Waals surface area contributed by atoms with Gasteiger partial charge >= 0.3 is 0 Å². The van der Waals surface area contributed by atoms with E-state index in [-0.39, 0.29) is 5.41 Å². The van der Waals surface area contributed by atoms with Crippen molar-refractivity contribution in [2.24, 2.45) is 5.41 Å². The minimum Gasteiger partial charge on any atom is -0.497 e. The van der Waals surface area contributed by atoms with Crippen molar-refractivity contribution in [3.05, 3.63) is 35.6 Å². The second-order valence-corrected chi connectivity index (χ2v) is 3.79. The van der Waals surface area contributed by atoms with E-state index >= 15 is 0 Å². The fraction of sp³-hybridized carbons (Fsp3) is 0.455. The van der Waals surface area contributed by atoms with Crippen molar-refractivity contribution in [1.82, 2.24) is 0 Å². The van der Waals surface area contributed by atoms with Crippen molar-refractivity contribution in [2.75, 3.05) is 7.11 Å². The molecule has 0 saturated heterocycles. The van der Waals surface area contributed by atoms with Crippen LogP contribution in [0.2, 0.25) is 0 Å². The zero-order chi connectivity index (χ0) is 9.19. The van der Waals surface area contributed by atoms with Gasteiger partial charge < -0.3 is 4.74 Å². The van der Waals surface area contributed by atoms with E-state index in [1.54, 1.807) is 7.11 Å². The Balaban J connectivity index is 3.00. The number of hydrogen-bond donors (Lipinski definition) is 0. The maximum atomic E-state index is 5.20. The van der Waals surface area contributed by atoms with Crippen LogP contribution in [0.3, 0.4) is 0 Å². The van der Waals surface area contributed by atoms with Gasteiger partial charge in [0.1, 0.15) is 5.76 Å². The summed E-state index contributed by atoms with van der Waals surface area (Å²) in [6.45, 7) is 6.44. The van der Waals surface area contributed by atoms with Gasteiger partial charge in [-0.05, 0) is 19.1 Å². The van der Waals surface area contributed by atoms with Crippen LogP contribution in [-0.4, -0.2) is 7.11 Å². The summed E-state index contributed by atoms with van der Waals surface area (Å²) >= 11 is 0. The van der Waals surface area contributed by atoms with E-state index in [1.807, 2.05) is 6.08 Å². The molecule has 0 fully saturated rings. The molecule has 12 heavy (non-hydrogen) atoms. The topological polar surface area (TPSA) is 9.23 Å². The maximum absolute atomic E-state index is 5.20. The highest BCUT2D eigenvalue weighted by atomic mass is 16.5. The first-order valence-corrected chi connectivity index (χ1v) is 4.18. The Morgan fingerprint density at radius 3 is 2.42 bits per heavy atom. The largest absolute Gasteiger partial charge is 0.497 e. The van der Waals surface area contributed by atoms with Crippen LogP contribution in [0.5, 0.6) is 0 Å². The standard InChI is InChI=1S/C11H16O/c1-9-5-6-10(12-4)8-11(2,3)7-9/h5-8H,1-4H3. The molecule has 0 amide bonds. The van der Waals surface area contributed by atoms with Gasteiger partial charge in [0.25, 0.3) is 0 Å². The predicted molar refractivity (Wildman–Crippen MR) is 51.8 cm³/mol. The summed E-state index contributed by atoms with van der Waals surface area (Å²) in [6.07, 6.45) is 8.43. The summed E-state index contributed by atoms with van der Waals surface area (Å²) in [5.41, 5.74) is 1.38. The predicted octanol–water partition coefficient (Wildman–Crippen LogP) is 3.06. The van der Waals surface area contributed by atoms with Crippen molar-refractivity contribution in [3.63, 3.8) is 0 Å². The zero-order valence-corrected chi connectivity index (χ0v) is 8.22. The van der Waals surface area contributed by atoms with Crippen LogP contribution >= 0.6 is 0 Å². The summed E-state index contributed by atoms with van der Waals surface area (Å²) in [5, 5.41) is 0. The summed E-state index contributed by atoms with van der Waals surface area (Å²) in [4.78, 5) is 0. The normalized spacial score (nSPS) is 21.0. The molecule has 0 saturated carbocycles. The highest BCUT2D eigenvalue weighted by Gasteiger charge is 2.14. The first-order chi connectivity index (χ1) is 5.53. The van der Waals surface area contributed by atoms with Crippen LogP contribution in [-0.2, 0) is 4.74 Å². The first-order valence-electron chi connectivity index (χ1n) is 4.18.